The summed E-state index contributed by atoms with van der Waals surface area (Å²) in [4.78, 5) is 2.43. The van der Waals surface area contributed by atoms with Crippen LogP contribution in [0.4, 0.5) is 0 Å². The Morgan fingerprint density at radius 2 is 1.21 bits per heavy atom. The molecule has 0 N–H and O–H groups in total. The van der Waals surface area contributed by atoms with Crippen LogP contribution in [0.25, 0.3) is 9.81 Å². The highest BCUT2D eigenvalue weighted by molar-refractivity contribution is 8.28. The quantitative estimate of drug-likeness (QED) is 0.593. The number of hydrogen-bond acceptors (Lipinski definition) is 10. The fourth-order valence-electron chi connectivity index (χ4n) is 1.68. The minimum Gasteiger partial charge on any atom is -0.378 e. The lowest BCUT2D eigenvalue weighted by atomic mass is 10.7. The van der Waals surface area contributed by atoms with Gasteiger partial charge in [-0.3, -0.25) is 0 Å². The molecule has 0 aromatic carbocycles. The summed E-state index contributed by atoms with van der Waals surface area (Å²) in [6, 6.07) is 0. The van der Waals surface area contributed by atoms with Crippen molar-refractivity contribution < 1.29 is 9.47 Å². The van der Waals surface area contributed by atoms with Crippen molar-refractivity contribution in [3.63, 3.8) is 0 Å². The molecule has 2 aliphatic heterocycles. The van der Waals surface area contributed by atoms with Crippen LogP contribution in [0.1, 0.15) is 0 Å². The number of thioether (sulfide) groups is 4. The molecule has 2 aliphatic rings. The molecular weight excluding hydrogens is 457 g/mol. The van der Waals surface area contributed by atoms with Gasteiger partial charge in [0.2, 0.25) is 0 Å². The van der Waals surface area contributed by atoms with Gasteiger partial charge in [-0.25, -0.2) is 0 Å². The zero-order valence-electron chi connectivity index (χ0n) is 13.3. The minimum absolute atomic E-state index is 0.644. The van der Waals surface area contributed by atoms with Crippen LogP contribution in [0, 0.1) is 0 Å². The van der Waals surface area contributed by atoms with E-state index in [1.54, 1.807) is 69.7 Å². The summed E-state index contributed by atoms with van der Waals surface area (Å²) in [5.74, 6) is 1.81. The number of hydrogen-bond donors (Lipinski definition) is 0. The van der Waals surface area contributed by atoms with Gasteiger partial charge in [-0.05, 0) is 12.5 Å². The molecule has 0 radical (unpaired) electrons. The molecule has 1 aromatic heterocycles. The lowest BCUT2D eigenvalue weighted by Gasteiger charge is -2.10. The molecule has 0 spiro atoms. The second kappa shape index (κ2) is 12.0. The highest BCUT2D eigenvalue weighted by Gasteiger charge is 2.14. The van der Waals surface area contributed by atoms with Crippen LogP contribution in [0.5, 0.6) is 0 Å². The zero-order valence-corrected chi connectivity index (χ0v) is 19.9. The molecule has 10 heteroatoms. The molecule has 0 amide bonds. The van der Waals surface area contributed by atoms with Gasteiger partial charge < -0.3 is 9.47 Å². The normalized spacial score (nSPS) is 18.1. The average Bonchev–Trinajstić information content (AvgIpc) is 2.57. The molecular formula is C14H18O2S8. The first-order chi connectivity index (χ1) is 11.7. The van der Waals surface area contributed by atoms with Crippen molar-refractivity contribution in [1.29, 1.82) is 0 Å². The fourth-order valence-corrected chi connectivity index (χ4v) is 8.55. The predicted molar refractivity (Wildman–Crippen MR) is 127 cm³/mol. The molecule has 3 rings (SSSR count). The maximum atomic E-state index is 5.62. The van der Waals surface area contributed by atoms with Gasteiger partial charge >= 0.3 is 0 Å². The average molecular weight is 475 g/mol. The van der Waals surface area contributed by atoms with E-state index in [-0.39, 0.29) is 0 Å². The van der Waals surface area contributed by atoms with Gasteiger partial charge in [-0.1, -0.05) is 24.4 Å². The molecule has 0 saturated carbocycles. The van der Waals surface area contributed by atoms with E-state index < -0.39 is 0 Å². The summed E-state index contributed by atoms with van der Waals surface area (Å²) in [6.07, 6.45) is 4.07. The monoisotopic (exact) mass is 474 g/mol. The highest BCUT2D eigenvalue weighted by Crippen LogP contribution is 2.27. The van der Waals surface area contributed by atoms with Crippen LogP contribution >= 0.6 is 94.2 Å². The third kappa shape index (κ3) is 6.54. The molecule has 0 atom stereocenters. The summed E-state index contributed by atoms with van der Waals surface area (Å²) in [7, 11) is 0. The van der Waals surface area contributed by atoms with Crippen molar-refractivity contribution in [2.75, 3.05) is 50.4 Å². The van der Waals surface area contributed by atoms with Gasteiger partial charge in [0.15, 0.2) is 0 Å². The molecule has 1 aromatic rings. The van der Waals surface area contributed by atoms with Gasteiger partial charge in [-0.15, -0.1) is 69.7 Å². The van der Waals surface area contributed by atoms with E-state index in [1.807, 2.05) is 12.5 Å². The van der Waals surface area contributed by atoms with Gasteiger partial charge in [-0.2, -0.15) is 0 Å². The Morgan fingerprint density at radius 3 is 1.58 bits per heavy atom. The second-order valence-electron chi connectivity index (χ2n) is 4.34. The Bertz CT molecular complexity index is 602. The Kier molecular flexibility index (Phi) is 10.9. The number of fused-ring (bicyclic) bond motifs is 11. The number of thiocarbonyl (C=S) groups is 2. The van der Waals surface area contributed by atoms with Gasteiger partial charge in [0.1, 0.15) is 0 Å². The van der Waals surface area contributed by atoms with E-state index in [0.29, 0.717) is 13.2 Å². The molecule has 24 heavy (non-hydrogen) atoms. The Hall–Kier alpha value is 1.42. The smallest absolute Gasteiger partial charge is 0.0977 e. The summed E-state index contributed by atoms with van der Waals surface area (Å²) >= 11 is 21.5. The van der Waals surface area contributed by atoms with Crippen molar-refractivity contribution in [3.05, 3.63) is 7.69 Å². The van der Waals surface area contributed by atoms with Crippen LogP contribution in [0.3, 0.4) is 0 Å². The van der Waals surface area contributed by atoms with Crippen LogP contribution < -0.4 is 7.69 Å². The lowest BCUT2D eigenvalue weighted by Crippen LogP contribution is -2.18. The Balaban J connectivity index is 2.35. The summed E-state index contributed by atoms with van der Waals surface area (Å²) in [6.45, 7) is 2.72. The molecule has 0 saturated heterocycles. The van der Waals surface area contributed by atoms with Crippen LogP contribution in [-0.2, 0) is 9.47 Å². The number of rotatable bonds is 2. The topological polar surface area (TPSA) is 18.5 Å². The van der Waals surface area contributed by atoms with E-state index in [0.717, 1.165) is 33.1 Å². The van der Waals surface area contributed by atoms with E-state index in [4.69, 9.17) is 33.9 Å². The molecule has 0 unspecified atom stereocenters. The SMILES string of the molecule is CSC(=S)C1=c2sc(s2)=C(C(=S)SC)SCCOCCOCCS1. The van der Waals surface area contributed by atoms with E-state index in [1.165, 1.54) is 17.5 Å². The van der Waals surface area contributed by atoms with Crippen molar-refractivity contribution in [3.8, 4) is 0 Å². The summed E-state index contributed by atoms with van der Waals surface area (Å²) in [5, 5.41) is 0. The Morgan fingerprint density at radius 1 is 0.792 bits per heavy atom. The van der Waals surface area contributed by atoms with Crippen molar-refractivity contribution >= 4 is 112 Å². The molecule has 0 fully saturated rings. The number of ether oxygens (including phenoxy) is 2. The molecule has 2 bridgehead atoms. The van der Waals surface area contributed by atoms with Crippen molar-refractivity contribution in [2.24, 2.45) is 0 Å². The van der Waals surface area contributed by atoms with Crippen LogP contribution in [0.2, 0.25) is 0 Å². The molecule has 3 heterocycles. The van der Waals surface area contributed by atoms with Gasteiger partial charge in [0, 0.05) is 11.5 Å². The molecule has 2 nitrogen and oxygen atoms in total. The third-order valence-corrected chi connectivity index (χ3v) is 11.1. The largest absolute Gasteiger partial charge is 0.378 e. The van der Waals surface area contributed by atoms with Gasteiger partial charge in [0.05, 0.1) is 52.3 Å². The first-order valence-corrected chi connectivity index (χ1v) is 14.0. The van der Waals surface area contributed by atoms with E-state index >= 15 is 0 Å². The first-order valence-electron chi connectivity index (χ1n) is 7.09. The molecule has 134 valence electrons. The second-order valence-corrected chi connectivity index (χ2v) is 12.1. The highest BCUT2D eigenvalue weighted by atomic mass is 32.2. The third-order valence-electron chi connectivity index (χ3n) is 2.80. The minimum atomic E-state index is 0.644. The lowest BCUT2D eigenvalue weighted by molar-refractivity contribution is 0.0605. The van der Waals surface area contributed by atoms with Crippen LogP contribution in [-0.4, -0.2) is 58.8 Å². The van der Waals surface area contributed by atoms with Crippen molar-refractivity contribution in [2.45, 2.75) is 0 Å². The summed E-state index contributed by atoms with van der Waals surface area (Å²) < 4.78 is 15.8. The Labute approximate surface area is 178 Å². The summed E-state index contributed by atoms with van der Waals surface area (Å²) in [5.41, 5.74) is 0. The van der Waals surface area contributed by atoms with Crippen molar-refractivity contribution in [1.82, 2.24) is 0 Å². The maximum absolute atomic E-state index is 5.62. The predicted octanol–water partition coefficient (Wildman–Crippen LogP) is 3.92. The maximum Gasteiger partial charge on any atom is 0.0977 e. The standard InChI is InChI=1S/C14H18O2S8/c1-19-11(17)9-13-23-14(24-13)10(12(18)20-2)22-8-6-16-4-3-15-5-7-21-9/h3-8H2,1-2H3. The van der Waals surface area contributed by atoms with Gasteiger partial charge in [0.25, 0.3) is 0 Å². The fraction of sp³-hybridized carbons (Fsp3) is 0.571. The van der Waals surface area contributed by atoms with E-state index in [9.17, 15) is 0 Å². The molecule has 0 aliphatic carbocycles. The van der Waals surface area contributed by atoms with Crippen LogP contribution in [0.15, 0.2) is 0 Å². The first kappa shape index (κ1) is 21.7. The zero-order chi connectivity index (χ0) is 17.4. The van der Waals surface area contributed by atoms with E-state index in [2.05, 4.69) is 0 Å².